The number of carboxylic acid groups (broad SMARTS) is 1. The average molecular weight is 256 g/mol. The van der Waals surface area contributed by atoms with Gasteiger partial charge in [0.25, 0.3) is 5.78 Å². The number of hydrogen-bond acceptors (Lipinski definition) is 4. The molecule has 1 aromatic carbocycles. The lowest BCUT2D eigenvalue weighted by molar-refractivity contribution is -0.131. The van der Waals surface area contributed by atoms with Crippen LogP contribution in [0.1, 0.15) is 24.2 Å². The molecule has 0 aromatic heterocycles. The summed E-state index contributed by atoms with van der Waals surface area (Å²) in [5.74, 6) is -2.62. The average Bonchev–Trinajstić information content (AvgIpc) is 2.27. The largest absolute Gasteiger partial charge is 0.475 e. The van der Waals surface area contributed by atoms with Gasteiger partial charge in [0.1, 0.15) is 0 Å². The summed E-state index contributed by atoms with van der Waals surface area (Å²) in [6, 6.07) is 4.88. The highest BCUT2D eigenvalue weighted by Crippen LogP contribution is 2.16. The monoisotopic (exact) mass is 256 g/mol. The number of carbonyl (C=O) groups excluding carboxylic acids is 1. The molecule has 0 saturated heterocycles. The van der Waals surface area contributed by atoms with Crippen molar-refractivity contribution >= 4 is 21.6 Å². The Kier molecular flexibility index (Phi) is 3.67. The molecule has 0 saturated carbocycles. The fourth-order valence-corrected chi connectivity index (χ4v) is 2.25. The van der Waals surface area contributed by atoms with Gasteiger partial charge in [-0.15, -0.1) is 0 Å². The van der Waals surface area contributed by atoms with Crippen molar-refractivity contribution in [3.05, 3.63) is 29.8 Å². The minimum Gasteiger partial charge on any atom is -0.475 e. The molecule has 0 aliphatic heterocycles. The van der Waals surface area contributed by atoms with Gasteiger partial charge < -0.3 is 5.11 Å². The van der Waals surface area contributed by atoms with Crippen LogP contribution in [0, 0.1) is 0 Å². The van der Waals surface area contributed by atoms with Crippen LogP contribution in [-0.2, 0) is 14.6 Å². The Morgan fingerprint density at radius 2 is 1.59 bits per heavy atom. The molecule has 1 aromatic rings. The van der Waals surface area contributed by atoms with Gasteiger partial charge in [-0.3, -0.25) is 4.79 Å². The van der Waals surface area contributed by atoms with Crippen LogP contribution in [0.5, 0.6) is 0 Å². The van der Waals surface area contributed by atoms with Crippen molar-refractivity contribution in [2.45, 2.75) is 24.0 Å². The third kappa shape index (κ3) is 2.71. The van der Waals surface area contributed by atoms with E-state index in [0.717, 1.165) is 0 Å². The summed E-state index contributed by atoms with van der Waals surface area (Å²) in [6.45, 7) is 3.09. The molecule has 0 atom stereocenters. The summed E-state index contributed by atoms with van der Waals surface area (Å²) in [6.07, 6.45) is 0. The topological polar surface area (TPSA) is 88.5 Å². The first-order valence-electron chi connectivity index (χ1n) is 4.88. The van der Waals surface area contributed by atoms with Crippen LogP contribution in [-0.4, -0.2) is 30.5 Å². The van der Waals surface area contributed by atoms with Crippen molar-refractivity contribution in [2.24, 2.45) is 0 Å². The van der Waals surface area contributed by atoms with Gasteiger partial charge in [-0.05, 0) is 38.1 Å². The Morgan fingerprint density at radius 1 is 1.12 bits per heavy atom. The molecular formula is C11H12O5S. The minimum atomic E-state index is -3.40. The minimum absolute atomic E-state index is 0.0415. The van der Waals surface area contributed by atoms with Crippen LogP contribution in [0.3, 0.4) is 0 Å². The molecule has 5 nitrogen and oxygen atoms in total. The molecule has 0 aliphatic carbocycles. The number of Topliss-reactive ketones (excluding diaryl/α,β-unsaturated/α-hetero) is 1. The van der Waals surface area contributed by atoms with Crippen molar-refractivity contribution in [1.82, 2.24) is 0 Å². The number of carbonyl (C=O) groups is 2. The summed E-state index contributed by atoms with van der Waals surface area (Å²) in [5, 5.41) is 7.92. The number of benzene rings is 1. The van der Waals surface area contributed by atoms with E-state index < -0.39 is 26.8 Å². The molecular weight excluding hydrogens is 244 g/mol. The fraction of sp³-hybridized carbons (Fsp3) is 0.273. The number of sulfone groups is 1. The van der Waals surface area contributed by atoms with Crippen LogP contribution in [0.4, 0.5) is 0 Å². The van der Waals surface area contributed by atoms with Gasteiger partial charge in [-0.1, -0.05) is 0 Å². The third-order valence-electron chi connectivity index (χ3n) is 2.26. The van der Waals surface area contributed by atoms with Gasteiger partial charge in [0, 0.05) is 5.56 Å². The molecule has 17 heavy (non-hydrogen) atoms. The van der Waals surface area contributed by atoms with Crippen LogP contribution in [0.15, 0.2) is 29.2 Å². The Morgan fingerprint density at radius 3 is 1.94 bits per heavy atom. The highest BCUT2D eigenvalue weighted by Gasteiger charge is 2.20. The summed E-state index contributed by atoms with van der Waals surface area (Å²) in [7, 11) is -3.40. The second kappa shape index (κ2) is 4.67. The third-order valence-corrected chi connectivity index (χ3v) is 4.43. The van der Waals surface area contributed by atoms with Crippen LogP contribution in [0.2, 0.25) is 0 Å². The van der Waals surface area contributed by atoms with Gasteiger partial charge in [-0.2, -0.15) is 0 Å². The van der Waals surface area contributed by atoms with Gasteiger partial charge in [-0.25, -0.2) is 13.2 Å². The molecule has 6 heteroatoms. The molecule has 1 rings (SSSR count). The SMILES string of the molecule is CC(C)S(=O)(=O)c1ccc(C(=O)C(=O)O)cc1. The lowest BCUT2D eigenvalue weighted by Gasteiger charge is -2.07. The van der Waals surface area contributed by atoms with Crippen molar-refractivity contribution in [2.75, 3.05) is 0 Å². The molecule has 0 heterocycles. The smallest absolute Gasteiger partial charge is 0.377 e. The van der Waals surface area contributed by atoms with Crippen molar-refractivity contribution < 1.29 is 23.1 Å². The first kappa shape index (κ1) is 13.4. The maximum absolute atomic E-state index is 11.7. The Labute approximate surface area is 99.0 Å². The predicted octanol–water partition coefficient (Wildman–Crippen LogP) is 1.14. The lowest BCUT2D eigenvalue weighted by atomic mass is 10.1. The number of aliphatic carboxylic acids is 1. The van der Waals surface area contributed by atoms with E-state index in [0.29, 0.717) is 0 Å². The summed E-state index contributed by atoms with van der Waals surface area (Å²) in [4.78, 5) is 21.6. The molecule has 0 fully saturated rings. The molecule has 0 amide bonds. The molecule has 0 bridgehead atoms. The summed E-state index contributed by atoms with van der Waals surface area (Å²) >= 11 is 0. The van der Waals surface area contributed by atoms with Gasteiger partial charge in [0.15, 0.2) is 9.84 Å². The Bertz CT molecular complexity index is 540. The maximum atomic E-state index is 11.7. The van der Waals surface area contributed by atoms with E-state index in [9.17, 15) is 18.0 Å². The molecule has 0 unspecified atom stereocenters. The quantitative estimate of drug-likeness (QED) is 0.644. The van der Waals surface area contributed by atoms with E-state index in [-0.39, 0.29) is 10.5 Å². The summed E-state index contributed by atoms with van der Waals surface area (Å²) < 4.78 is 23.5. The zero-order chi connectivity index (χ0) is 13.2. The lowest BCUT2D eigenvalue weighted by Crippen LogP contribution is -2.15. The first-order chi connectivity index (χ1) is 7.76. The number of hydrogen-bond donors (Lipinski definition) is 1. The van der Waals surface area contributed by atoms with Crippen LogP contribution >= 0.6 is 0 Å². The molecule has 0 radical (unpaired) electrons. The molecule has 1 N–H and O–H groups in total. The Hall–Kier alpha value is -1.69. The first-order valence-corrected chi connectivity index (χ1v) is 6.43. The van der Waals surface area contributed by atoms with Crippen molar-refractivity contribution in [3.8, 4) is 0 Å². The highest BCUT2D eigenvalue weighted by molar-refractivity contribution is 7.92. The van der Waals surface area contributed by atoms with E-state index in [1.807, 2.05) is 0 Å². The standard InChI is InChI=1S/C11H12O5S/c1-7(2)17(15,16)9-5-3-8(4-6-9)10(12)11(13)14/h3-7H,1-2H3,(H,13,14). The van der Waals surface area contributed by atoms with Crippen molar-refractivity contribution in [1.29, 1.82) is 0 Å². The second-order valence-corrected chi connectivity index (χ2v) is 6.26. The second-order valence-electron chi connectivity index (χ2n) is 3.75. The molecule has 0 aliphatic rings. The zero-order valence-electron chi connectivity index (χ0n) is 9.38. The van der Waals surface area contributed by atoms with Gasteiger partial charge in [0.2, 0.25) is 0 Å². The zero-order valence-corrected chi connectivity index (χ0v) is 10.2. The van der Waals surface area contributed by atoms with E-state index >= 15 is 0 Å². The predicted molar refractivity (Wildman–Crippen MR) is 60.7 cm³/mol. The van der Waals surface area contributed by atoms with Gasteiger partial charge in [0.05, 0.1) is 10.1 Å². The molecule has 92 valence electrons. The number of carboxylic acids is 1. The number of ketones is 1. The number of rotatable bonds is 4. The van der Waals surface area contributed by atoms with E-state index in [1.54, 1.807) is 13.8 Å². The van der Waals surface area contributed by atoms with Crippen LogP contribution < -0.4 is 0 Å². The van der Waals surface area contributed by atoms with E-state index in [4.69, 9.17) is 5.11 Å². The Balaban J connectivity index is 3.13. The highest BCUT2D eigenvalue weighted by atomic mass is 32.2. The summed E-state index contributed by atoms with van der Waals surface area (Å²) in [5.41, 5.74) is -0.0415. The van der Waals surface area contributed by atoms with E-state index in [1.165, 1.54) is 24.3 Å². The fourth-order valence-electron chi connectivity index (χ4n) is 1.19. The molecule has 0 spiro atoms. The van der Waals surface area contributed by atoms with Crippen LogP contribution in [0.25, 0.3) is 0 Å². The van der Waals surface area contributed by atoms with E-state index in [2.05, 4.69) is 0 Å². The maximum Gasteiger partial charge on any atom is 0.377 e. The normalized spacial score (nSPS) is 11.5. The van der Waals surface area contributed by atoms with Crippen molar-refractivity contribution in [3.63, 3.8) is 0 Å². The van der Waals surface area contributed by atoms with Gasteiger partial charge >= 0.3 is 5.97 Å².